The highest BCUT2D eigenvalue weighted by atomic mass is 32.1. The van der Waals surface area contributed by atoms with E-state index in [2.05, 4.69) is 15.3 Å². The van der Waals surface area contributed by atoms with Crippen LogP contribution in [0.5, 0.6) is 0 Å². The summed E-state index contributed by atoms with van der Waals surface area (Å²) in [5.41, 5.74) is 5.22. The number of anilines is 2. The molecule has 0 aliphatic carbocycles. The van der Waals surface area contributed by atoms with E-state index in [1.807, 2.05) is 32.9 Å². The number of fused-ring (bicyclic) bond motifs is 2. The minimum absolute atomic E-state index is 0.0631. The van der Waals surface area contributed by atoms with Crippen LogP contribution in [-0.2, 0) is 0 Å². The van der Waals surface area contributed by atoms with E-state index in [9.17, 15) is 10.1 Å². The van der Waals surface area contributed by atoms with E-state index in [0.29, 0.717) is 11.1 Å². The van der Waals surface area contributed by atoms with E-state index in [0.717, 1.165) is 38.0 Å². The quantitative estimate of drug-likeness (QED) is 0.410. The molecule has 0 unspecified atom stereocenters. The molecule has 4 aromatic rings. The van der Waals surface area contributed by atoms with Gasteiger partial charge in [0.2, 0.25) is 0 Å². The highest BCUT2D eigenvalue weighted by Gasteiger charge is 2.15. The van der Waals surface area contributed by atoms with Gasteiger partial charge in [0.05, 0.1) is 15.1 Å². The maximum atomic E-state index is 11.0. The van der Waals surface area contributed by atoms with Crippen LogP contribution in [0.3, 0.4) is 0 Å². The number of non-ortho nitro benzene ring substituents is 1. The highest BCUT2D eigenvalue weighted by molar-refractivity contribution is 7.22. The highest BCUT2D eigenvalue weighted by Crippen LogP contribution is 2.34. The van der Waals surface area contributed by atoms with Crippen molar-refractivity contribution >= 4 is 49.5 Å². The standard InChI is InChI=1S/C17H14N4O3S/c1-8-4-10(3)15-12(5-8)18-16(24-15)20-17-19-14-9(2)6-11(21(22)23)7-13(14)25-17/h4-7H,1-3H3,(H,18,19,20). The maximum Gasteiger partial charge on any atom is 0.302 e. The lowest BCUT2D eigenvalue weighted by molar-refractivity contribution is -0.384. The Labute approximate surface area is 146 Å². The maximum absolute atomic E-state index is 11.0. The van der Waals surface area contributed by atoms with Gasteiger partial charge in [-0.2, -0.15) is 4.98 Å². The van der Waals surface area contributed by atoms with Crippen molar-refractivity contribution < 1.29 is 9.34 Å². The summed E-state index contributed by atoms with van der Waals surface area (Å²) in [7, 11) is 0. The number of thiazole rings is 1. The molecule has 0 bridgehead atoms. The number of oxazole rings is 1. The second kappa shape index (κ2) is 5.52. The molecular weight excluding hydrogens is 340 g/mol. The fourth-order valence-corrected chi connectivity index (χ4v) is 3.83. The van der Waals surface area contributed by atoms with Crippen LogP contribution in [0.25, 0.3) is 21.3 Å². The first kappa shape index (κ1) is 15.5. The number of aryl methyl sites for hydroxylation is 3. The molecule has 0 fully saturated rings. The van der Waals surface area contributed by atoms with E-state index in [4.69, 9.17) is 4.42 Å². The molecule has 2 heterocycles. The average Bonchev–Trinajstić information content (AvgIpc) is 3.11. The first-order chi connectivity index (χ1) is 11.9. The number of nitrogens with one attached hydrogen (secondary N) is 1. The Hall–Kier alpha value is -3.00. The lowest BCUT2D eigenvalue weighted by Gasteiger charge is -1.95. The fourth-order valence-electron chi connectivity index (χ4n) is 2.86. The molecule has 0 saturated heterocycles. The van der Waals surface area contributed by atoms with E-state index in [1.165, 1.54) is 23.5 Å². The van der Waals surface area contributed by atoms with Gasteiger partial charge in [0, 0.05) is 12.1 Å². The van der Waals surface area contributed by atoms with Crippen LogP contribution in [0.1, 0.15) is 16.7 Å². The summed E-state index contributed by atoms with van der Waals surface area (Å²) < 4.78 is 6.53. The van der Waals surface area contributed by atoms with Crippen LogP contribution in [0, 0.1) is 30.9 Å². The van der Waals surface area contributed by atoms with Gasteiger partial charge in [0.1, 0.15) is 5.52 Å². The zero-order valence-electron chi connectivity index (χ0n) is 13.8. The molecule has 0 atom stereocenters. The minimum Gasteiger partial charge on any atom is -0.423 e. The van der Waals surface area contributed by atoms with Crippen molar-refractivity contribution in [2.45, 2.75) is 20.8 Å². The number of nitrogens with zero attached hydrogens (tertiary/aromatic N) is 3. The van der Waals surface area contributed by atoms with Gasteiger partial charge in [-0.05, 0) is 43.5 Å². The largest absolute Gasteiger partial charge is 0.423 e. The predicted octanol–water partition coefficient (Wildman–Crippen LogP) is 5.01. The van der Waals surface area contributed by atoms with Gasteiger partial charge < -0.3 is 4.42 Å². The molecule has 2 aromatic carbocycles. The number of hydrogen-bond donors (Lipinski definition) is 1. The Kier molecular flexibility index (Phi) is 3.43. The van der Waals surface area contributed by atoms with Crippen molar-refractivity contribution in [2.75, 3.05) is 5.32 Å². The zero-order chi connectivity index (χ0) is 17.7. The van der Waals surface area contributed by atoms with Crippen molar-refractivity contribution in [2.24, 2.45) is 0 Å². The Balaban J connectivity index is 1.74. The lowest BCUT2D eigenvalue weighted by atomic mass is 10.1. The SMILES string of the molecule is Cc1cc(C)c2oc(Nc3nc4c(C)cc([N+](=O)[O-])cc4s3)nc2c1. The molecule has 0 spiro atoms. The van der Waals surface area contributed by atoms with E-state index < -0.39 is 4.92 Å². The van der Waals surface area contributed by atoms with Crippen molar-refractivity contribution in [1.29, 1.82) is 0 Å². The topological polar surface area (TPSA) is 94.1 Å². The first-order valence-corrected chi connectivity index (χ1v) is 8.43. The van der Waals surface area contributed by atoms with Crippen molar-refractivity contribution in [1.82, 2.24) is 9.97 Å². The Bertz CT molecular complexity index is 1150. The smallest absolute Gasteiger partial charge is 0.302 e. The third kappa shape index (κ3) is 2.70. The average molecular weight is 354 g/mol. The fraction of sp³-hybridized carbons (Fsp3) is 0.176. The summed E-state index contributed by atoms with van der Waals surface area (Å²) in [6.07, 6.45) is 0. The molecule has 7 nitrogen and oxygen atoms in total. The van der Waals surface area contributed by atoms with Crippen LogP contribution >= 0.6 is 11.3 Å². The molecule has 0 amide bonds. The Morgan fingerprint density at radius 2 is 1.92 bits per heavy atom. The van der Waals surface area contributed by atoms with Crippen LogP contribution in [0.15, 0.2) is 28.7 Å². The van der Waals surface area contributed by atoms with Gasteiger partial charge in [0.15, 0.2) is 10.7 Å². The van der Waals surface area contributed by atoms with Gasteiger partial charge in [-0.15, -0.1) is 0 Å². The number of benzene rings is 2. The summed E-state index contributed by atoms with van der Waals surface area (Å²) in [4.78, 5) is 19.6. The number of rotatable bonds is 3. The molecule has 8 heteroatoms. The van der Waals surface area contributed by atoms with Gasteiger partial charge in [0.25, 0.3) is 5.69 Å². The normalized spacial score (nSPS) is 11.3. The predicted molar refractivity (Wildman–Crippen MR) is 97.8 cm³/mol. The third-order valence-electron chi connectivity index (χ3n) is 3.92. The molecule has 0 aliphatic heterocycles. The summed E-state index contributed by atoms with van der Waals surface area (Å²) in [6.45, 7) is 5.80. The van der Waals surface area contributed by atoms with E-state index >= 15 is 0 Å². The van der Waals surface area contributed by atoms with Crippen LogP contribution in [0.4, 0.5) is 16.8 Å². The lowest BCUT2D eigenvalue weighted by Crippen LogP contribution is -1.89. The Morgan fingerprint density at radius 1 is 1.12 bits per heavy atom. The summed E-state index contributed by atoms with van der Waals surface area (Å²) in [5, 5.41) is 14.7. The monoisotopic (exact) mass is 354 g/mol. The number of aromatic nitrogens is 2. The molecule has 2 aromatic heterocycles. The number of nitro groups is 1. The summed E-state index contributed by atoms with van der Waals surface area (Å²) in [6, 6.07) is 7.41. The summed E-state index contributed by atoms with van der Waals surface area (Å²) in [5.74, 6) is 0. The number of nitro benzene ring substituents is 1. The molecule has 25 heavy (non-hydrogen) atoms. The van der Waals surface area contributed by atoms with Crippen LogP contribution in [-0.4, -0.2) is 14.9 Å². The van der Waals surface area contributed by atoms with Crippen molar-refractivity contribution in [3.05, 3.63) is 51.1 Å². The molecular formula is C17H14N4O3S. The zero-order valence-corrected chi connectivity index (χ0v) is 14.6. The second-order valence-electron chi connectivity index (χ2n) is 5.96. The van der Waals surface area contributed by atoms with Gasteiger partial charge in [-0.3, -0.25) is 15.4 Å². The van der Waals surface area contributed by atoms with Gasteiger partial charge >= 0.3 is 6.01 Å². The molecule has 126 valence electrons. The number of hydrogen-bond acceptors (Lipinski definition) is 7. The molecule has 0 aliphatic rings. The Morgan fingerprint density at radius 3 is 2.68 bits per heavy atom. The minimum atomic E-state index is -0.398. The van der Waals surface area contributed by atoms with Crippen LogP contribution < -0.4 is 5.32 Å². The summed E-state index contributed by atoms with van der Waals surface area (Å²) >= 11 is 1.33. The van der Waals surface area contributed by atoms with Crippen molar-refractivity contribution in [3.63, 3.8) is 0 Å². The molecule has 4 rings (SSSR count). The first-order valence-electron chi connectivity index (χ1n) is 7.61. The van der Waals surface area contributed by atoms with E-state index in [1.54, 1.807) is 0 Å². The van der Waals surface area contributed by atoms with E-state index in [-0.39, 0.29) is 5.69 Å². The molecule has 0 radical (unpaired) electrons. The van der Waals surface area contributed by atoms with Crippen molar-refractivity contribution in [3.8, 4) is 0 Å². The van der Waals surface area contributed by atoms with Crippen LogP contribution in [0.2, 0.25) is 0 Å². The molecule has 0 saturated carbocycles. The third-order valence-corrected chi connectivity index (χ3v) is 4.83. The molecule has 1 N–H and O–H groups in total. The van der Waals surface area contributed by atoms with Gasteiger partial charge in [-0.1, -0.05) is 17.4 Å². The second-order valence-corrected chi connectivity index (χ2v) is 6.99. The van der Waals surface area contributed by atoms with Gasteiger partial charge in [-0.25, -0.2) is 4.98 Å².